The average Bonchev–Trinajstić information content (AvgIpc) is 2.91. The zero-order chi connectivity index (χ0) is 12.8. The van der Waals surface area contributed by atoms with Crippen LogP contribution in [0, 0.1) is 0 Å². The Balaban J connectivity index is 2.06. The molecule has 0 fully saturated rings. The van der Waals surface area contributed by atoms with Crippen molar-refractivity contribution >= 4 is 11.3 Å². The number of hydrogen-bond donors (Lipinski definition) is 0. The average molecular weight is 261 g/mol. The Hall–Kier alpha value is -1.26. The molecule has 0 amide bonds. The van der Waals surface area contributed by atoms with Crippen molar-refractivity contribution in [3.63, 3.8) is 0 Å². The molecule has 0 aliphatic heterocycles. The molecule has 2 rings (SSSR count). The third-order valence-corrected chi connectivity index (χ3v) is 3.91. The number of pyridine rings is 1. The van der Waals surface area contributed by atoms with Crippen molar-refractivity contribution in [3.05, 3.63) is 46.7 Å². The Morgan fingerprint density at radius 3 is 2.83 bits per heavy atom. The van der Waals surface area contributed by atoms with E-state index < -0.39 is 0 Å². The summed E-state index contributed by atoms with van der Waals surface area (Å²) in [6.45, 7) is 6.34. The predicted molar refractivity (Wildman–Crippen MR) is 75.4 cm³/mol. The summed E-state index contributed by atoms with van der Waals surface area (Å²) in [4.78, 5) is 11.0. The van der Waals surface area contributed by atoms with Crippen LogP contribution >= 0.6 is 11.3 Å². The predicted octanol–water partition coefficient (Wildman–Crippen LogP) is 3.34. The summed E-state index contributed by atoms with van der Waals surface area (Å²) in [6, 6.07) is 4.67. The van der Waals surface area contributed by atoms with Gasteiger partial charge in [0.15, 0.2) is 0 Å². The Morgan fingerprint density at radius 1 is 1.33 bits per heavy atom. The quantitative estimate of drug-likeness (QED) is 0.798. The first-order valence-electron chi connectivity index (χ1n) is 6.31. The highest BCUT2D eigenvalue weighted by Gasteiger charge is 2.14. The molecular formula is C14H19N3S. The van der Waals surface area contributed by atoms with Crippen molar-refractivity contribution in [1.82, 2.24) is 14.9 Å². The highest BCUT2D eigenvalue weighted by Crippen LogP contribution is 2.15. The molecule has 96 valence electrons. The van der Waals surface area contributed by atoms with E-state index in [0.29, 0.717) is 6.04 Å². The molecule has 0 bridgehead atoms. The molecule has 2 aromatic rings. The van der Waals surface area contributed by atoms with Crippen LogP contribution in [0.2, 0.25) is 0 Å². The fourth-order valence-corrected chi connectivity index (χ4v) is 2.50. The lowest BCUT2D eigenvalue weighted by molar-refractivity contribution is 0.185. The van der Waals surface area contributed by atoms with Crippen LogP contribution in [0.4, 0.5) is 0 Å². The lowest BCUT2D eigenvalue weighted by atomic mass is 10.2. The molecule has 3 nitrogen and oxygen atoms in total. The minimum absolute atomic E-state index is 0.550. The SMILES string of the molecule is CC[C@H](C)N(Cc1cccnc1)Cc1nccs1. The molecule has 2 heterocycles. The summed E-state index contributed by atoms with van der Waals surface area (Å²) >= 11 is 1.72. The number of aromatic nitrogens is 2. The zero-order valence-electron chi connectivity index (χ0n) is 10.9. The third-order valence-electron chi connectivity index (χ3n) is 3.14. The van der Waals surface area contributed by atoms with Crippen LogP contribution in [-0.2, 0) is 13.1 Å². The van der Waals surface area contributed by atoms with Crippen molar-refractivity contribution in [2.75, 3.05) is 0 Å². The minimum atomic E-state index is 0.550. The summed E-state index contributed by atoms with van der Waals surface area (Å²) in [5.74, 6) is 0. The normalized spacial score (nSPS) is 12.8. The largest absolute Gasteiger partial charge is 0.290 e. The molecule has 0 N–H and O–H groups in total. The van der Waals surface area contributed by atoms with Crippen LogP contribution < -0.4 is 0 Å². The van der Waals surface area contributed by atoms with Crippen molar-refractivity contribution in [3.8, 4) is 0 Å². The molecule has 0 aromatic carbocycles. The van der Waals surface area contributed by atoms with E-state index in [0.717, 1.165) is 19.5 Å². The summed E-state index contributed by atoms with van der Waals surface area (Å²) < 4.78 is 0. The number of rotatable bonds is 6. The molecular weight excluding hydrogens is 242 g/mol. The van der Waals surface area contributed by atoms with Gasteiger partial charge in [-0.15, -0.1) is 11.3 Å². The van der Waals surface area contributed by atoms with Gasteiger partial charge in [-0.3, -0.25) is 9.88 Å². The number of thiazole rings is 1. The summed E-state index contributed by atoms with van der Waals surface area (Å²) in [7, 11) is 0. The van der Waals surface area contributed by atoms with Gasteiger partial charge in [-0.1, -0.05) is 13.0 Å². The second-order valence-electron chi connectivity index (χ2n) is 4.45. The zero-order valence-corrected chi connectivity index (χ0v) is 11.7. The van der Waals surface area contributed by atoms with E-state index in [1.54, 1.807) is 11.3 Å². The van der Waals surface area contributed by atoms with Crippen LogP contribution in [0.25, 0.3) is 0 Å². The van der Waals surface area contributed by atoms with Crippen LogP contribution in [0.1, 0.15) is 30.8 Å². The van der Waals surface area contributed by atoms with Crippen molar-refractivity contribution in [1.29, 1.82) is 0 Å². The van der Waals surface area contributed by atoms with Crippen LogP contribution in [0.5, 0.6) is 0 Å². The van der Waals surface area contributed by atoms with Crippen LogP contribution in [0.15, 0.2) is 36.1 Å². The van der Waals surface area contributed by atoms with E-state index >= 15 is 0 Å². The first kappa shape index (κ1) is 13.2. The molecule has 0 saturated carbocycles. The second-order valence-corrected chi connectivity index (χ2v) is 5.43. The smallest absolute Gasteiger partial charge is 0.107 e. The maximum Gasteiger partial charge on any atom is 0.107 e. The Morgan fingerprint density at radius 2 is 2.22 bits per heavy atom. The highest BCUT2D eigenvalue weighted by atomic mass is 32.1. The van der Waals surface area contributed by atoms with Crippen molar-refractivity contribution in [2.24, 2.45) is 0 Å². The van der Waals surface area contributed by atoms with Gasteiger partial charge in [-0.2, -0.15) is 0 Å². The Kier molecular flexibility index (Phi) is 4.84. The molecule has 0 aliphatic carbocycles. The van der Waals surface area contributed by atoms with Crippen molar-refractivity contribution in [2.45, 2.75) is 39.4 Å². The highest BCUT2D eigenvalue weighted by molar-refractivity contribution is 7.09. The van der Waals surface area contributed by atoms with E-state index in [1.807, 2.05) is 30.0 Å². The molecule has 0 unspecified atom stereocenters. The fraction of sp³-hybridized carbons (Fsp3) is 0.429. The van der Waals surface area contributed by atoms with Gasteiger partial charge in [-0.25, -0.2) is 4.98 Å². The second kappa shape index (κ2) is 6.61. The molecule has 0 saturated heterocycles. The van der Waals surface area contributed by atoms with Crippen LogP contribution in [-0.4, -0.2) is 20.9 Å². The monoisotopic (exact) mass is 261 g/mol. The topological polar surface area (TPSA) is 29.0 Å². The Bertz CT molecular complexity index is 441. The Labute approximate surface area is 113 Å². The summed E-state index contributed by atoms with van der Waals surface area (Å²) in [6.07, 6.45) is 6.78. The van der Waals surface area contributed by atoms with E-state index in [4.69, 9.17) is 0 Å². The van der Waals surface area contributed by atoms with Gasteiger partial charge in [-0.05, 0) is 25.0 Å². The first-order chi connectivity index (χ1) is 8.79. The van der Waals surface area contributed by atoms with Gasteiger partial charge in [0.25, 0.3) is 0 Å². The summed E-state index contributed by atoms with van der Waals surface area (Å²) in [5, 5.41) is 3.22. The van der Waals surface area contributed by atoms with Gasteiger partial charge in [0.05, 0.1) is 6.54 Å². The van der Waals surface area contributed by atoms with Crippen molar-refractivity contribution < 1.29 is 0 Å². The van der Waals surface area contributed by atoms with Gasteiger partial charge < -0.3 is 0 Å². The molecule has 4 heteroatoms. The molecule has 0 spiro atoms. The first-order valence-corrected chi connectivity index (χ1v) is 7.19. The van der Waals surface area contributed by atoms with E-state index in [2.05, 4.69) is 34.8 Å². The van der Waals surface area contributed by atoms with Gasteiger partial charge in [0.1, 0.15) is 5.01 Å². The van der Waals surface area contributed by atoms with Gasteiger partial charge >= 0.3 is 0 Å². The fourth-order valence-electron chi connectivity index (χ4n) is 1.86. The summed E-state index contributed by atoms with van der Waals surface area (Å²) in [5.41, 5.74) is 1.26. The maximum absolute atomic E-state index is 4.38. The standard InChI is InChI=1S/C14H19N3S/c1-3-12(2)17(11-14-16-7-8-18-14)10-13-5-4-6-15-9-13/h4-9,12H,3,10-11H2,1-2H3/t12-/m0/s1. The van der Waals surface area contributed by atoms with Crippen LogP contribution in [0.3, 0.4) is 0 Å². The maximum atomic E-state index is 4.38. The van der Waals surface area contributed by atoms with Gasteiger partial charge in [0.2, 0.25) is 0 Å². The van der Waals surface area contributed by atoms with E-state index in [-0.39, 0.29) is 0 Å². The lowest BCUT2D eigenvalue weighted by Gasteiger charge is -2.27. The number of hydrogen-bond acceptors (Lipinski definition) is 4. The van der Waals surface area contributed by atoms with E-state index in [1.165, 1.54) is 10.6 Å². The minimum Gasteiger partial charge on any atom is -0.290 e. The lowest BCUT2D eigenvalue weighted by Crippen LogP contribution is -2.31. The molecule has 1 atom stereocenters. The molecule has 0 radical (unpaired) electrons. The molecule has 2 aromatic heterocycles. The van der Waals surface area contributed by atoms with Gasteiger partial charge in [0, 0.05) is 36.6 Å². The number of nitrogens with zero attached hydrogens (tertiary/aromatic N) is 3. The van der Waals surface area contributed by atoms with E-state index in [9.17, 15) is 0 Å². The third kappa shape index (κ3) is 3.62. The molecule has 18 heavy (non-hydrogen) atoms. The molecule has 0 aliphatic rings.